The Morgan fingerprint density at radius 2 is 1.65 bits per heavy atom. The zero-order valence-electron chi connectivity index (χ0n) is 18.2. The summed E-state index contributed by atoms with van der Waals surface area (Å²) < 4.78 is 37.6. The van der Waals surface area contributed by atoms with Crippen LogP contribution in [0.4, 0.5) is 5.69 Å². The largest absolute Gasteiger partial charge is 0.486 e. The minimum atomic E-state index is -3.65. The summed E-state index contributed by atoms with van der Waals surface area (Å²) in [5, 5.41) is 3.56. The Labute approximate surface area is 208 Å². The van der Waals surface area contributed by atoms with Crippen LogP contribution in [-0.4, -0.2) is 39.8 Å². The summed E-state index contributed by atoms with van der Waals surface area (Å²) in [5.41, 5.74) is 1.26. The summed E-state index contributed by atoms with van der Waals surface area (Å²) in [7, 11) is -3.65. The molecule has 178 valence electrons. The van der Waals surface area contributed by atoms with Crippen molar-refractivity contribution < 1.29 is 22.7 Å². The number of rotatable bonds is 7. The molecule has 1 aliphatic heterocycles. The third-order valence-electron chi connectivity index (χ3n) is 5.24. The molecule has 0 fully saturated rings. The number of sulfonamides is 1. The van der Waals surface area contributed by atoms with Gasteiger partial charge in [0.2, 0.25) is 10.0 Å². The Balaban J connectivity index is 1.43. The molecule has 1 amide bonds. The van der Waals surface area contributed by atoms with Crippen molar-refractivity contribution >= 4 is 44.8 Å². The van der Waals surface area contributed by atoms with E-state index in [9.17, 15) is 13.2 Å². The van der Waals surface area contributed by atoms with Crippen LogP contribution in [0.3, 0.4) is 0 Å². The number of carbonyl (C=O) groups excluding carboxylic acids is 1. The van der Waals surface area contributed by atoms with Gasteiger partial charge in [0.1, 0.15) is 12.7 Å². The van der Waals surface area contributed by atoms with Crippen LogP contribution in [0.25, 0.3) is 0 Å². The Bertz CT molecular complexity index is 1280. The Hall–Kier alpha value is -2.94. The second-order valence-corrected chi connectivity index (χ2v) is 10.4. The molecule has 1 atom stereocenters. The number of halogens is 2. The molecule has 0 unspecified atom stereocenters. The number of ether oxygens (including phenoxy) is 2. The highest BCUT2D eigenvalue weighted by atomic mass is 35.5. The highest BCUT2D eigenvalue weighted by molar-refractivity contribution is 7.92. The van der Waals surface area contributed by atoms with Crippen molar-refractivity contribution in [3.8, 4) is 11.5 Å². The molecule has 0 spiro atoms. The molecule has 3 aromatic rings. The normalized spacial score (nSPS) is 15.0. The smallest absolute Gasteiger partial charge is 0.251 e. The molecule has 1 heterocycles. The van der Waals surface area contributed by atoms with Crippen molar-refractivity contribution in [3.05, 3.63) is 87.9 Å². The summed E-state index contributed by atoms with van der Waals surface area (Å²) in [5.74, 6) is 1.00. The number of nitrogens with zero attached hydrogens (tertiary/aromatic N) is 1. The van der Waals surface area contributed by atoms with Gasteiger partial charge >= 0.3 is 0 Å². The van der Waals surface area contributed by atoms with E-state index in [1.54, 1.807) is 42.5 Å². The van der Waals surface area contributed by atoms with Gasteiger partial charge in [0, 0.05) is 21.2 Å². The van der Waals surface area contributed by atoms with E-state index in [4.69, 9.17) is 32.7 Å². The van der Waals surface area contributed by atoms with E-state index in [-0.39, 0.29) is 25.1 Å². The number of para-hydroxylation sites is 2. The quantitative estimate of drug-likeness (QED) is 0.494. The van der Waals surface area contributed by atoms with Gasteiger partial charge in [-0.25, -0.2) is 8.42 Å². The maximum atomic E-state index is 12.6. The fraction of sp³-hybridized carbons (Fsp3) is 0.208. The fourth-order valence-corrected chi connectivity index (χ4v) is 4.86. The first-order valence-electron chi connectivity index (χ1n) is 10.4. The van der Waals surface area contributed by atoms with Crippen LogP contribution in [0.5, 0.6) is 11.5 Å². The molecule has 0 aliphatic carbocycles. The van der Waals surface area contributed by atoms with Gasteiger partial charge in [0.25, 0.3) is 5.91 Å². The molecule has 3 aromatic carbocycles. The second kappa shape index (κ2) is 10.1. The molecule has 10 heteroatoms. The average molecular weight is 521 g/mol. The van der Waals surface area contributed by atoms with Crippen LogP contribution in [0, 0.1) is 0 Å². The summed E-state index contributed by atoms with van der Waals surface area (Å²) in [4.78, 5) is 12.6. The van der Waals surface area contributed by atoms with E-state index >= 15 is 0 Å². The fourth-order valence-electron chi connectivity index (χ4n) is 3.48. The van der Waals surface area contributed by atoms with Gasteiger partial charge in [-0.3, -0.25) is 9.10 Å². The van der Waals surface area contributed by atoms with Crippen molar-refractivity contribution in [2.24, 2.45) is 0 Å². The van der Waals surface area contributed by atoms with Crippen molar-refractivity contribution in [2.45, 2.75) is 12.6 Å². The predicted molar refractivity (Wildman–Crippen MR) is 133 cm³/mol. The summed E-state index contributed by atoms with van der Waals surface area (Å²) in [6.45, 7) is 0.545. The summed E-state index contributed by atoms with van der Waals surface area (Å²) in [6.07, 6.45) is 0.780. The lowest BCUT2D eigenvalue weighted by molar-refractivity contribution is 0.0789. The molecule has 0 radical (unpaired) electrons. The topological polar surface area (TPSA) is 84.9 Å². The van der Waals surface area contributed by atoms with Gasteiger partial charge in [0.05, 0.1) is 25.0 Å². The van der Waals surface area contributed by atoms with Crippen LogP contribution in [0.2, 0.25) is 10.0 Å². The number of benzene rings is 3. The first-order valence-corrected chi connectivity index (χ1v) is 13.0. The number of fused-ring (bicyclic) bond motifs is 1. The Morgan fingerprint density at radius 1 is 1.00 bits per heavy atom. The van der Waals surface area contributed by atoms with E-state index in [0.717, 1.165) is 6.26 Å². The number of carbonyl (C=O) groups is 1. The highest BCUT2D eigenvalue weighted by Crippen LogP contribution is 2.31. The van der Waals surface area contributed by atoms with Crippen molar-refractivity contribution in [2.75, 3.05) is 23.7 Å². The van der Waals surface area contributed by atoms with E-state index in [0.29, 0.717) is 45.0 Å². The van der Waals surface area contributed by atoms with Crippen molar-refractivity contribution in [1.29, 1.82) is 0 Å². The SMILES string of the molecule is CS(=O)(=O)N(Cc1c(Cl)cccc1Cl)c1ccc(C(=O)NC[C@H]2COc3ccccc3O2)cc1. The highest BCUT2D eigenvalue weighted by Gasteiger charge is 2.23. The first kappa shape index (κ1) is 24.2. The van der Waals surface area contributed by atoms with Crippen LogP contribution in [0.15, 0.2) is 66.7 Å². The molecule has 0 saturated carbocycles. The maximum Gasteiger partial charge on any atom is 0.251 e. The lowest BCUT2D eigenvalue weighted by Crippen LogP contribution is -2.40. The molecule has 0 bridgehead atoms. The third-order valence-corrected chi connectivity index (χ3v) is 7.09. The van der Waals surface area contributed by atoms with E-state index < -0.39 is 10.0 Å². The Kier molecular flexibility index (Phi) is 7.21. The molecular weight excluding hydrogens is 499 g/mol. The van der Waals surface area contributed by atoms with Crippen LogP contribution < -0.4 is 19.1 Å². The lowest BCUT2D eigenvalue weighted by Gasteiger charge is -2.26. The van der Waals surface area contributed by atoms with Crippen LogP contribution in [0.1, 0.15) is 15.9 Å². The summed E-state index contributed by atoms with van der Waals surface area (Å²) in [6, 6.07) is 18.6. The van der Waals surface area contributed by atoms with Gasteiger partial charge in [-0.1, -0.05) is 41.4 Å². The monoisotopic (exact) mass is 520 g/mol. The third kappa shape index (κ3) is 5.58. The second-order valence-electron chi connectivity index (χ2n) is 7.72. The van der Waals surface area contributed by atoms with Crippen molar-refractivity contribution in [3.63, 3.8) is 0 Å². The van der Waals surface area contributed by atoms with Gasteiger partial charge in [-0.05, 0) is 48.5 Å². The Morgan fingerprint density at radius 3 is 2.29 bits per heavy atom. The number of hydrogen-bond donors (Lipinski definition) is 1. The van der Waals surface area contributed by atoms with Gasteiger partial charge in [0.15, 0.2) is 11.5 Å². The zero-order chi connectivity index (χ0) is 24.3. The number of anilines is 1. The zero-order valence-corrected chi connectivity index (χ0v) is 20.5. The minimum Gasteiger partial charge on any atom is -0.486 e. The number of nitrogens with one attached hydrogen (secondary N) is 1. The molecule has 0 saturated heterocycles. The van der Waals surface area contributed by atoms with Crippen LogP contribution >= 0.6 is 23.2 Å². The van der Waals surface area contributed by atoms with Gasteiger partial charge < -0.3 is 14.8 Å². The number of amides is 1. The standard InChI is InChI=1S/C24H22Cl2N2O5S/c1-34(30,31)28(14-19-20(25)5-4-6-21(19)26)17-11-9-16(10-12-17)24(29)27-13-18-15-32-22-7-2-3-8-23(22)33-18/h2-12,18H,13-15H2,1H3,(H,27,29)/t18-/m0/s1. The lowest BCUT2D eigenvalue weighted by atomic mass is 10.1. The molecular formula is C24H22Cl2N2O5S. The van der Waals surface area contributed by atoms with E-state index in [2.05, 4.69) is 5.32 Å². The maximum absolute atomic E-state index is 12.6. The van der Waals surface area contributed by atoms with Crippen LogP contribution in [-0.2, 0) is 16.6 Å². The molecule has 34 heavy (non-hydrogen) atoms. The molecule has 1 N–H and O–H groups in total. The molecule has 1 aliphatic rings. The molecule has 0 aromatic heterocycles. The molecule has 7 nitrogen and oxygen atoms in total. The van der Waals surface area contributed by atoms with E-state index in [1.807, 2.05) is 24.3 Å². The predicted octanol–water partition coefficient (Wildman–Crippen LogP) is 4.53. The number of hydrogen-bond acceptors (Lipinski definition) is 5. The first-order chi connectivity index (χ1) is 16.2. The molecule has 4 rings (SSSR count). The van der Waals surface area contributed by atoms with Gasteiger partial charge in [-0.15, -0.1) is 0 Å². The minimum absolute atomic E-state index is 0.0383. The average Bonchev–Trinajstić information content (AvgIpc) is 2.81. The van der Waals surface area contributed by atoms with Crippen molar-refractivity contribution in [1.82, 2.24) is 5.32 Å². The van der Waals surface area contributed by atoms with Gasteiger partial charge in [-0.2, -0.15) is 0 Å². The summed E-state index contributed by atoms with van der Waals surface area (Å²) >= 11 is 12.5. The van der Waals surface area contributed by atoms with E-state index in [1.165, 1.54) is 4.31 Å².